The third-order valence-electron chi connectivity index (χ3n) is 11.4. The Labute approximate surface area is 181 Å². The maximum absolute atomic E-state index is 13.2. The molecule has 4 nitrogen and oxygen atoms in total. The fraction of sp³-hybridized carbons (Fsp3) is 0.923. The fourth-order valence-electron chi connectivity index (χ4n) is 9.88. The van der Waals surface area contributed by atoms with Crippen LogP contribution in [0, 0.1) is 46.8 Å². The monoisotopic (exact) mass is 413 g/mol. The van der Waals surface area contributed by atoms with Gasteiger partial charge in [0.05, 0.1) is 5.60 Å². The highest BCUT2D eigenvalue weighted by molar-refractivity contribution is 5.91. The van der Waals surface area contributed by atoms with Crippen molar-refractivity contribution < 1.29 is 14.7 Å². The number of carbonyl (C=O) groups excluding carboxylic acids is 2. The molecule has 0 amide bonds. The predicted octanol–water partition coefficient (Wildman–Crippen LogP) is 3.85. The average Bonchev–Trinajstić information content (AvgIpc) is 3.03. The van der Waals surface area contributed by atoms with Gasteiger partial charge in [0.15, 0.2) is 0 Å². The van der Waals surface area contributed by atoms with Gasteiger partial charge in [0.2, 0.25) is 0 Å². The zero-order chi connectivity index (χ0) is 20.8. The van der Waals surface area contributed by atoms with Crippen LogP contribution in [0.2, 0.25) is 0 Å². The van der Waals surface area contributed by atoms with Crippen molar-refractivity contribution in [1.29, 1.82) is 0 Å². The number of carbonyl (C=O) groups is 2. The molecule has 10 atom stereocenters. The molecular formula is C26H39NO3. The van der Waals surface area contributed by atoms with Gasteiger partial charge in [0.25, 0.3) is 0 Å². The Hall–Kier alpha value is -0.740. The Morgan fingerprint density at radius 3 is 2.67 bits per heavy atom. The van der Waals surface area contributed by atoms with E-state index < -0.39 is 5.60 Å². The first-order valence-corrected chi connectivity index (χ1v) is 12.8. The number of piperidine rings is 2. The van der Waals surface area contributed by atoms with E-state index in [1.807, 2.05) is 0 Å². The van der Waals surface area contributed by atoms with Crippen LogP contribution in [0.4, 0.5) is 0 Å². The Balaban J connectivity index is 1.34. The van der Waals surface area contributed by atoms with E-state index in [-0.39, 0.29) is 28.8 Å². The van der Waals surface area contributed by atoms with E-state index in [1.54, 1.807) is 0 Å². The minimum absolute atomic E-state index is 0.0789. The highest BCUT2D eigenvalue weighted by Crippen LogP contribution is 2.67. The Morgan fingerprint density at radius 1 is 1.00 bits per heavy atom. The molecule has 2 aliphatic heterocycles. The maximum atomic E-state index is 13.2. The predicted molar refractivity (Wildman–Crippen MR) is 115 cm³/mol. The largest absolute Gasteiger partial charge is 0.389 e. The van der Waals surface area contributed by atoms with Crippen LogP contribution in [0.15, 0.2) is 0 Å². The van der Waals surface area contributed by atoms with E-state index in [1.165, 1.54) is 32.4 Å². The molecule has 166 valence electrons. The van der Waals surface area contributed by atoms with Gasteiger partial charge in [-0.2, -0.15) is 0 Å². The SMILES string of the molecule is CC1C2CCC3(O)C(CC4C3CC(=O)C3CC(=O)CCC34C)C2CN2CCCCC12. The lowest BCUT2D eigenvalue weighted by atomic mass is 9.51. The summed E-state index contributed by atoms with van der Waals surface area (Å²) in [4.78, 5) is 28.1. The van der Waals surface area contributed by atoms with Crippen LogP contribution in [0.5, 0.6) is 0 Å². The molecule has 30 heavy (non-hydrogen) atoms. The van der Waals surface area contributed by atoms with E-state index in [4.69, 9.17) is 0 Å². The van der Waals surface area contributed by atoms with Gasteiger partial charge in [-0.05, 0) is 86.0 Å². The van der Waals surface area contributed by atoms with Crippen LogP contribution in [0.25, 0.3) is 0 Å². The van der Waals surface area contributed by atoms with Gasteiger partial charge in [-0.25, -0.2) is 0 Å². The maximum Gasteiger partial charge on any atom is 0.137 e. The summed E-state index contributed by atoms with van der Waals surface area (Å²) >= 11 is 0. The molecule has 6 aliphatic rings. The quantitative estimate of drug-likeness (QED) is 0.655. The summed E-state index contributed by atoms with van der Waals surface area (Å²) in [6, 6.07) is 0.753. The standard InChI is InChI=1S/C26H39NO3/c1-15-17-7-9-26(30)19(18(17)14-27-10-4-3-5-23(15)27)12-20-21(26)13-24(29)22-11-16(28)6-8-25(20,22)2/h15,17-23,30H,3-14H2,1-2H3. The van der Waals surface area contributed by atoms with E-state index in [9.17, 15) is 14.7 Å². The molecule has 6 rings (SSSR count). The smallest absolute Gasteiger partial charge is 0.137 e. The summed E-state index contributed by atoms with van der Waals surface area (Å²) in [6.45, 7) is 7.18. The minimum atomic E-state index is -0.653. The number of ketones is 2. The summed E-state index contributed by atoms with van der Waals surface area (Å²) in [6.07, 6.45) is 9.63. The van der Waals surface area contributed by atoms with Crippen LogP contribution in [-0.2, 0) is 9.59 Å². The number of Topliss-reactive ketones (excluding diaryl/α,β-unsaturated/α-hetero) is 2. The number of hydrogen-bond donors (Lipinski definition) is 1. The molecule has 4 saturated carbocycles. The molecular weight excluding hydrogens is 374 g/mol. The molecule has 2 saturated heterocycles. The van der Waals surface area contributed by atoms with Crippen LogP contribution >= 0.6 is 0 Å². The van der Waals surface area contributed by atoms with Crippen molar-refractivity contribution >= 4 is 11.6 Å². The first kappa shape index (κ1) is 19.9. The molecule has 0 aromatic rings. The zero-order valence-corrected chi connectivity index (χ0v) is 18.8. The van der Waals surface area contributed by atoms with Gasteiger partial charge in [-0.3, -0.25) is 14.5 Å². The first-order valence-electron chi connectivity index (χ1n) is 12.8. The second-order valence-electron chi connectivity index (χ2n) is 12.3. The van der Waals surface area contributed by atoms with E-state index >= 15 is 0 Å². The van der Waals surface area contributed by atoms with Gasteiger partial charge in [0, 0.05) is 37.8 Å². The van der Waals surface area contributed by atoms with E-state index in [0.717, 1.165) is 43.6 Å². The van der Waals surface area contributed by atoms with E-state index in [0.29, 0.717) is 37.0 Å². The number of aliphatic hydroxyl groups is 1. The third-order valence-corrected chi connectivity index (χ3v) is 11.4. The van der Waals surface area contributed by atoms with Crippen molar-refractivity contribution in [2.75, 3.05) is 13.1 Å². The Morgan fingerprint density at radius 2 is 1.83 bits per heavy atom. The van der Waals surface area contributed by atoms with Crippen molar-refractivity contribution in [3.05, 3.63) is 0 Å². The summed E-state index contributed by atoms with van der Waals surface area (Å²) < 4.78 is 0. The summed E-state index contributed by atoms with van der Waals surface area (Å²) in [5, 5.41) is 12.2. The first-order chi connectivity index (χ1) is 14.3. The number of nitrogens with zero attached hydrogens (tertiary/aromatic N) is 1. The molecule has 4 heteroatoms. The van der Waals surface area contributed by atoms with Crippen molar-refractivity contribution in [2.45, 2.75) is 89.7 Å². The minimum Gasteiger partial charge on any atom is -0.389 e. The normalized spacial score (nSPS) is 55.8. The second kappa shape index (κ2) is 6.63. The van der Waals surface area contributed by atoms with Crippen LogP contribution in [0.1, 0.15) is 78.1 Å². The van der Waals surface area contributed by atoms with Gasteiger partial charge in [-0.15, -0.1) is 0 Å². The van der Waals surface area contributed by atoms with Gasteiger partial charge in [0.1, 0.15) is 11.6 Å². The lowest BCUT2D eigenvalue weighted by Crippen LogP contribution is -2.61. The van der Waals surface area contributed by atoms with E-state index in [2.05, 4.69) is 18.7 Å². The molecule has 2 heterocycles. The van der Waals surface area contributed by atoms with Crippen LogP contribution in [0.3, 0.4) is 0 Å². The summed E-state index contributed by atoms with van der Waals surface area (Å²) in [5.74, 6) is 3.40. The van der Waals surface area contributed by atoms with Crippen molar-refractivity contribution in [2.24, 2.45) is 46.8 Å². The lowest BCUT2D eigenvalue weighted by Gasteiger charge is -2.57. The molecule has 0 aromatic heterocycles. The van der Waals surface area contributed by atoms with Gasteiger partial charge < -0.3 is 5.11 Å². The molecule has 0 aromatic carbocycles. The zero-order valence-electron chi connectivity index (χ0n) is 18.8. The highest BCUT2D eigenvalue weighted by Gasteiger charge is 2.68. The molecule has 10 unspecified atom stereocenters. The molecule has 1 N–H and O–H groups in total. The Bertz CT molecular complexity index is 765. The van der Waals surface area contributed by atoms with Crippen molar-refractivity contribution in [3.8, 4) is 0 Å². The summed E-state index contributed by atoms with van der Waals surface area (Å²) in [5.41, 5.74) is -0.732. The molecule has 4 aliphatic carbocycles. The number of fused-ring (bicyclic) bond motifs is 8. The Kier molecular flexibility index (Phi) is 4.40. The molecule has 0 bridgehead atoms. The van der Waals surface area contributed by atoms with Crippen LogP contribution < -0.4 is 0 Å². The molecule has 0 radical (unpaired) electrons. The third kappa shape index (κ3) is 2.53. The van der Waals surface area contributed by atoms with Gasteiger partial charge >= 0.3 is 0 Å². The average molecular weight is 414 g/mol. The van der Waals surface area contributed by atoms with Gasteiger partial charge in [-0.1, -0.05) is 20.3 Å². The summed E-state index contributed by atoms with van der Waals surface area (Å²) in [7, 11) is 0. The highest BCUT2D eigenvalue weighted by atomic mass is 16.3. The fourth-order valence-corrected chi connectivity index (χ4v) is 9.88. The molecule has 0 spiro atoms. The van der Waals surface area contributed by atoms with Crippen LogP contribution in [-0.4, -0.2) is 46.3 Å². The van der Waals surface area contributed by atoms with Crippen molar-refractivity contribution in [3.63, 3.8) is 0 Å². The topological polar surface area (TPSA) is 57.6 Å². The lowest BCUT2D eigenvalue weighted by molar-refractivity contribution is -0.164. The number of hydrogen-bond acceptors (Lipinski definition) is 4. The number of rotatable bonds is 0. The molecule has 6 fully saturated rings. The van der Waals surface area contributed by atoms with Crippen molar-refractivity contribution in [1.82, 2.24) is 4.90 Å². The second-order valence-corrected chi connectivity index (χ2v) is 12.3.